The molecule has 1 aliphatic rings. The van der Waals surface area contributed by atoms with Crippen molar-refractivity contribution in [3.8, 4) is 0 Å². The summed E-state index contributed by atoms with van der Waals surface area (Å²) in [6.07, 6.45) is 1.54. The Morgan fingerprint density at radius 2 is 2.12 bits per heavy atom. The van der Waals surface area contributed by atoms with E-state index < -0.39 is 0 Å². The second-order valence-electron chi connectivity index (χ2n) is 6.04. The zero-order valence-electron chi connectivity index (χ0n) is 11.2. The number of hydrogen-bond donors (Lipinski definition) is 1. The van der Waals surface area contributed by atoms with Gasteiger partial charge in [-0.25, -0.2) is 0 Å². The van der Waals surface area contributed by atoms with E-state index in [1.807, 2.05) is 0 Å². The third-order valence-corrected chi connectivity index (χ3v) is 3.90. The van der Waals surface area contributed by atoms with E-state index in [1.54, 1.807) is 0 Å². The predicted molar refractivity (Wildman–Crippen MR) is 73.3 cm³/mol. The Bertz CT molecular complexity index is 203. The van der Waals surface area contributed by atoms with Crippen LogP contribution in [0.15, 0.2) is 0 Å². The van der Waals surface area contributed by atoms with Gasteiger partial charge in [-0.3, -0.25) is 0 Å². The molecule has 0 amide bonds. The molecule has 2 atom stereocenters. The molecule has 2 nitrogen and oxygen atoms in total. The molecule has 0 spiro atoms. The number of nitrogens with zero attached hydrogens (tertiary/aromatic N) is 1. The SMILES string of the molecule is CC1CN(CC(CS)C(C)(C)C)CCCO1. The lowest BCUT2D eigenvalue weighted by Crippen LogP contribution is -2.39. The second-order valence-corrected chi connectivity index (χ2v) is 6.41. The highest BCUT2D eigenvalue weighted by molar-refractivity contribution is 7.80. The van der Waals surface area contributed by atoms with Crippen molar-refractivity contribution in [3.05, 3.63) is 0 Å². The highest BCUT2D eigenvalue weighted by Crippen LogP contribution is 2.28. The highest BCUT2D eigenvalue weighted by atomic mass is 32.1. The van der Waals surface area contributed by atoms with Crippen molar-refractivity contribution < 1.29 is 4.74 Å². The zero-order chi connectivity index (χ0) is 12.2. The quantitative estimate of drug-likeness (QED) is 0.768. The molecule has 0 bridgehead atoms. The Morgan fingerprint density at radius 1 is 1.44 bits per heavy atom. The number of hydrogen-bond acceptors (Lipinski definition) is 3. The minimum absolute atomic E-state index is 0.345. The van der Waals surface area contributed by atoms with Crippen LogP contribution in [0.4, 0.5) is 0 Å². The molecule has 1 fully saturated rings. The summed E-state index contributed by atoms with van der Waals surface area (Å²) in [5.74, 6) is 1.62. The van der Waals surface area contributed by atoms with Crippen molar-refractivity contribution in [2.24, 2.45) is 11.3 Å². The Balaban J connectivity index is 2.50. The van der Waals surface area contributed by atoms with Gasteiger partial charge >= 0.3 is 0 Å². The fraction of sp³-hybridized carbons (Fsp3) is 1.00. The van der Waals surface area contributed by atoms with Crippen LogP contribution >= 0.6 is 12.6 Å². The maximum absolute atomic E-state index is 5.67. The van der Waals surface area contributed by atoms with E-state index in [2.05, 4.69) is 45.2 Å². The van der Waals surface area contributed by atoms with Gasteiger partial charge in [0.1, 0.15) is 0 Å². The molecular formula is C13H27NOS. The van der Waals surface area contributed by atoms with Gasteiger partial charge in [0.25, 0.3) is 0 Å². The molecular weight excluding hydrogens is 218 g/mol. The molecule has 0 aromatic carbocycles. The summed E-state index contributed by atoms with van der Waals surface area (Å²) in [7, 11) is 0. The van der Waals surface area contributed by atoms with Crippen LogP contribution in [0.25, 0.3) is 0 Å². The Morgan fingerprint density at radius 3 is 2.69 bits per heavy atom. The summed E-state index contributed by atoms with van der Waals surface area (Å²) in [5, 5.41) is 0. The van der Waals surface area contributed by atoms with Crippen molar-refractivity contribution in [2.75, 3.05) is 32.0 Å². The molecule has 1 heterocycles. The highest BCUT2D eigenvalue weighted by Gasteiger charge is 2.26. The first-order chi connectivity index (χ1) is 7.43. The zero-order valence-corrected chi connectivity index (χ0v) is 12.1. The first kappa shape index (κ1) is 14.3. The maximum Gasteiger partial charge on any atom is 0.0673 e. The molecule has 16 heavy (non-hydrogen) atoms. The minimum atomic E-state index is 0.345. The van der Waals surface area contributed by atoms with E-state index in [4.69, 9.17) is 4.74 Å². The van der Waals surface area contributed by atoms with Crippen LogP contribution in [0.2, 0.25) is 0 Å². The monoisotopic (exact) mass is 245 g/mol. The van der Waals surface area contributed by atoms with Crippen molar-refractivity contribution in [3.63, 3.8) is 0 Å². The summed E-state index contributed by atoms with van der Waals surface area (Å²) in [6.45, 7) is 13.4. The second kappa shape index (κ2) is 6.27. The first-order valence-electron chi connectivity index (χ1n) is 6.38. The van der Waals surface area contributed by atoms with Crippen LogP contribution < -0.4 is 0 Å². The minimum Gasteiger partial charge on any atom is -0.377 e. The standard InChI is InChI=1S/C13H27NOS/c1-11-8-14(6-5-7-15-11)9-12(10-16)13(2,3)4/h11-12,16H,5-10H2,1-4H3. The molecule has 1 saturated heterocycles. The molecule has 0 aliphatic carbocycles. The number of thiol groups is 1. The van der Waals surface area contributed by atoms with Crippen molar-refractivity contribution in [2.45, 2.75) is 40.2 Å². The number of rotatable bonds is 3. The maximum atomic E-state index is 5.67. The summed E-state index contributed by atoms with van der Waals surface area (Å²) in [6, 6.07) is 0. The fourth-order valence-corrected chi connectivity index (χ4v) is 2.83. The summed E-state index contributed by atoms with van der Waals surface area (Å²) in [4.78, 5) is 2.55. The van der Waals surface area contributed by atoms with Gasteiger partial charge < -0.3 is 9.64 Å². The average Bonchev–Trinajstić information content (AvgIpc) is 2.37. The summed E-state index contributed by atoms with van der Waals surface area (Å²) < 4.78 is 5.67. The normalized spacial score (nSPS) is 26.4. The molecule has 0 aromatic heterocycles. The van der Waals surface area contributed by atoms with Crippen molar-refractivity contribution >= 4 is 12.6 Å². The van der Waals surface area contributed by atoms with Gasteiger partial charge in [0.05, 0.1) is 6.10 Å². The molecule has 96 valence electrons. The third-order valence-electron chi connectivity index (χ3n) is 3.46. The first-order valence-corrected chi connectivity index (χ1v) is 7.01. The predicted octanol–water partition coefficient (Wildman–Crippen LogP) is 2.69. The molecule has 1 rings (SSSR count). The van der Waals surface area contributed by atoms with Crippen LogP contribution in [0, 0.1) is 11.3 Å². The van der Waals surface area contributed by atoms with E-state index in [9.17, 15) is 0 Å². The van der Waals surface area contributed by atoms with Gasteiger partial charge in [-0.1, -0.05) is 20.8 Å². The van der Waals surface area contributed by atoms with Crippen LogP contribution in [-0.2, 0) is 4.74 Å². The van der Waals surface area contributed by atoms with Crippen LogP contribution in [0.3, 0.4) is 0 Å². The van der Waals surface area contributed by atoms with Gasteiger partial charge in [-0.05, 0) is 30.4 Å². The Labute approximate surface area is 106 Å². The van der Waals surface area contributed by atoms with E-state index in [-0.39, 0.29) is 0 Å². The lowest BCUT2D eigenvalue weighted by atomic mass is 9.81. The van der Waals surface area contributed by atoms with Gasteiger partial charge in [0.15, 0.2) is 0 Å². The summed E-state index contributed by atoms with van der Waals surface area (Å²) >= 11 is 4.50. The van der Waals surface area contributed by atoms with Crippen molar-refractivity contribution in [1.82, 2.24) is 4.90 Å². The van der Waals surface area contributed by atoms with Crippen LogP contribution in [0.1, 0.15) is 34.1 Å². The van der Waals surface area contributed by atoms with Crippen LogP contribution in [-0.4, -0.2) is 43.0 Å². The molecule has 0 radical (unpaired) electrons. The van der Waals surface area contributed by atoms with Crippen LogP contribution in [0.5, 0.6) is 0 Å². The van der Waals surface area contributed by atoms with Gasteiger partial charge in [0, 0.05) is 26.2 Å². The van der Waals surface area contributed by atoms with E-state index in [1.165, 1.54) is 6.54 Å². The topological polar surface area (TPSA) is 12.5 Å². The van der Waals surface area contributed by atoms with E-state index >= 15 is 0 Å². The van der Waals surface area contributed by atoms with Gasteiger partial charge in [0.2, 0.25) is 0 Å². The smallest absolute Gasteiger partial charge is 0.0673 e. The van der Waals surface area contributed by atoms with Gasteiger partial charge in [-0.15, -0.1) is 0 Å². The molecule has 0 N–H and O–H groups in total. The number of ether oxygens (including phenoxy) is 1. The molecule has 1 aliphatic heterocycles. The molecule has 3 heteroatoms. The molecule has 2 unspecified atom stereocenters. The molecule has 0 aromatic rings. The fourth-order valence-electron chi connectivity index (χ4n) is 2.16. The average molecular weight is 245 g/mol. The molecule has 0 saturated carbocycles. The lowest BCUT2D eigenvalue weighted by Gasteiger charge is -2.34. The Kier molecular flexibility index (Phi) is 5.62. The largest absolute Gasteiger partial charge is 0.377 e. The summed E-state index contributed by atoms with van der Waals surface area (Å²) in [5.41, 5.74) is 0.345. The van der Waals surface area contributed by atoms with E-state index in [0.29, 0.717) is 17.4 Å². The van der Waals surface area contributed by atoms with Gasteiger partial charge in [-0.2, -0.15) is 12.6 Å². The lowest BCUT2D eigenvalue weighted by molar-refractivity contribution is 0.0621. The Hall–Kier alpha value is 0.270. The third kappa shape index (κ3) is 4.64. The van der Waals surface area contributed by atoms with Crippen molar-refractivity contribution in [1.29, 1.82) is 0 Å². The van der Waals surface area contributed by atoms with E-state index in [0.717, 1.165) is 31.9 Å².